The van der Waals surface area contributed by atoms with E-state index in [9.17, 15) is 5.11 Å². The van der Waals surface area contributed by atoms with Crippen LogP contribution in [0.1, 0.15) is 22.8 Å². The fraction of sp³-hybridized carbons (Fsp3) is 0.167. The number of hydrogen-bond donors (Lipinski definition) is 2. The monoisotopic (exact) mass is 221 g/mol. The highest BCUT2D eigenvalue weighted by atomic mass is 35.5. The quantitative estimate of drug-likeness (QED) is 0.804. The Kier molecular flexibility index (Phi) is 2.80. The van der Waals surface area contributed by atoms with Crippen LogP contribution in [0, 0.1) is 6.92 Å². The molecule has 1 heterocycles. The maximum absolute atomic E-state index is 10.1. The number of aryl methyl sites for hydroxylation is 1. The van der Waals surface area contributed by atoms with Gasteiger partial charge in [0.25, 0.3) is 0 Å². The number of halogens is 1. The number of aromatic amines is 1. The van der Waals surface area contributed by atoms with E-state index in [1.54, 1.807) is 18.5 Å². The summed E-state index contributed by atoms with van der Waals surface area (Å²) in [7, 11) is 0. The molecule has 0 bridgehead atoms. The molecule has 1 aromatic heterocycles. The van der Waals surface area contributed by atoms with E-state index in [1.165, 1.54) is 0 Å². The molecule has 0 aliphatic rings. The maximum atomic E-state index is 10.1. The molecule has 0 aliphatic carbocycles. The van der Waals surface area contributed by atoms with Gasteiger partial charge in [0.15, 0.2) is 0 Å². The Labute approximate surface area is 93.5 Å². The number of hydrogen-bond acceptors (Lipinski definition) is 1. The Morgan fingerprint density at radius 2 is 2.13 bits per heavy atom. The van der Waals surface area contributed by atoms with E-state index in [-0.39, 0.29) is 0 Å². The molecule has 2 nitrogen and oxygen atoms in total. The van der Waals surface area contributed by atoms with E-state index >= 15 is 0 Å². The second kappa shape index (κ2) is 4.09. The molecule has 15 heavy (non-hydrogen) atoms. The third-order valence-corrected chi connectivity index (χ3v) is 2.71. The molecule has 3 heteroatoms. The molecule has 2 aromatic rings. The van der Waals surface area contributed by atoms with Gasteiger partial charge in [0, 0.05) is 23.0 Å². The van der Waals surface area contributed by atoms with Crippen LogP contribution in [0.2, 0.25) is 5.02 Å². The minimum atomic E-state index is -0.616. The van der Waals surface area contributed by atoms with Crippen LogP contribution in [-0.4, -0.2) is 10.1 Å². The van der Waals surface area contributed by atoms with E-state index in [4.69, 9.17) is 11.6 Å². The van der Waals surface area contributed by atoms with Crippen LogP contribution in [0.15, 0.2) is 36.7 Å². The fourth-order valence-corrected chi connectivity index (χ4v) is 1.77. The van der Waals surface area contributed by atoms with E-state index in [1.807, 2.05) is 25.1 Å². The largest absolute Gasteiger partial charge is 0.384 e. The standard InChI is InChI=1S/C12H12ClNO/c1-8-2-3-10(13)6-11(8)12(15)9-4-5-14-7-9/h2-7,12,14-15H,1H3. The van der Waals surface area contributed by atoms with Crippen molar-refractivity contribution < 1.29 is 5.11 Å². The van der Waals surface area contributed by atoms with Gasteiger partial charge >= 0.3 is 0 Å². The first-order valence-corrected chi connectivity index (χ1v) is 5.13. The molecule has 1 unspecified atom stereocenters. The Bertz CT molecular complexity index is 451. The van der Waals surface area contributed by atoms with Crippen molar-refractivity contribution in [1.82, 2.24) is 4.98 Å². The van der Waals surface area contributed by atoms with Gasteiger partial charge < -0.3 is 10.1 Å². The zero-order valence-corrected chi connectivity index (χ0v) is 9.12. The second-order valence-corrected chi connectivity index (χ2v) is 3.98. The highest BCUT2D eigenvalue weighted by Crippen LogP contribution is 2.26. The van der Waals surface area contributed by atoms with Crippen molar-refractivity contribution in [2.75, 3.05) is 0 Å². The Balaban J connectivity index is 2.41. The average molecular weight is 222 g/mol. The van der Waals surface area contributed by atoms with Gasteiger partial charge in [-0.3, -0.25) is 0 Å². The summed E-state index contributed by atoms with van der Waals surface area (Å²) in [6.07, 6.45) is 2.96. The zero-order valence-electron chi connectivity index (χ0n) is 8.37. The summed E-state index contributed by atoms with van der Waals surface area (Å²) >= 11 is 5.90. The van der Waals surface area contributed by atoms with Crippen molar-refractivity contribution in [2.24, 2.45) is 0 Å². The molecular weight excluding hydrogens is 210 g/mol. The smallest absolute Gasteiger partial charge is 0.106 e. The highest BCUT2D eigenvalue weighted by molar-refractivity contribution is 6.30. The van der Waals surface area contributed by atoms with Crippen LogP contribution in [0.4, 0.5) is 0 Å². The fourth-order valence-electron chi connectivity index (χ4n) is 1.59. The summed E-state index contributed by atoms with van der Waals surface area (Å²) < 4.78 is 0. The summed E-state index contributed by atoms with van der Waals surface area (Å²) in [6.45, 7) is 1.96. The second-order valence-electron chi connectivity index (χ2n) is 3.55. The third-order valence-electron chi connectivity index (χ3n) is 2.47. The number of aliphatic hydroxyl groups is 1. The Morgan fingerprint density at radius 1 is 1.33 bits per heavy atom. The van der Waals surface area contributed by atoms with Gasteiger partial charge in [-0.15, -0.1) is 0 Å². The topological polar surface area (TPSA) is 36.0 Å². The van der Waals surface area contributed by atoms with Crippen LogP contribution in [0.5, 0.6) is 0 Å². The Morgan fingerprint density at radius 3 is 2.80 bits per heavy atom. The molecule has 0 amide bonds. The molecule has 0 saturated carbocycles. The summed E-state index contributed by atoms with van der Waals surface area (Å²) in [4.78, 5) is 2.92. The van der Waals surface area contributed by atoms with Crippen molar-refractivity contribution in [3.05, 3.63) is 58.4 Å². The molecule has 1 aromatic carbocycles. The first-order valence-electron chi connectivity index (χ1n) is 4.75. The van der Waals surface area contributed by atoms with Gasteiger partial charge in [-0.25, -0.2) is 0 Å². The lowest BCUT2D eigenvalue weighted by Gasteiger charge is -2.12. The lowest BCUT2D eigenvalue weighted by atomic mass is 9.99. The van der Waals surface area contributed by atoms with Crippen molar-refractivity contribution in [3.63, 3.8) is 0 Å². The van der Waals surface area contributed by atoms with Crippen LogP contribution >= 0.6 is 11.6 Å². The first-order chi connectivity index (χ1) is 7.18. The predicted octanol–water partition coefficient (Wildman–Crippen LogP) is 3.06. The van der Waals surface area contributed by atoms with Crippen molar-refractivity contribution in [2.45, 2.75) is 13.0 Å². The van der Waals surface area contributed by atoms with E-state index in [0.29, 0.717) is 5.02 Å². The number of aromatic nitrogens is 1. The Hall–Kier alpha value is -1.25. The van der Waals surface area contributed by atoms with E-state index in [2.05, 4.69) is 4.98 Å². The SMILES string of the molecule is Cc1ccc(Cl)cc1C(O)c1cc[nH]c1. The number of nitrogens with one attached hydrogen (secondary N) is 1. The van der Waals surface area contributed by atoms with Crippen LogP contribution < -0.4 is 0 Å². The summed E-state index contributed by atoms with van der Waals surface area (Å²) in [5.41, 5.74) is 2.73. The molecule has 1 atom stereocenters. The van der Waals surface area contributed by atoms with E-state index < -0.39 is 6.10 Å². The minimum absolute atomic E-state index is 0.616. The number of H-pyrrole nitrogens is 1. The molecule has 2 rings (SSSR count). The van der Waals surface area contributed by atoms with Crippen LogP contribution in [-0.2, 0) is 0 Å². The molecule has 0 radical (unpaired) electrons. The number of benzene rings is 1. The zero-order chi connectivity index (χ0) is 10.8. The molecule has 2 N–H and O–H groups in total. The molecule has 78 valence electrons. The summed E-state index contributed by atoms with van der Waals surface area (Å²) in [5, 5.41) is 10.8. The third kappa shape index (κ3) is 2.06. The predicted molar refractivity (Wildman–Crippen MR) is 61.0 cm³/mol. The van der Waals surface area contributed by atoms with Gasteiger partial charge in [0.05, 0.1) is 0 Å². The van der Waals surface area contributed by atoms with Crippen molar-refractivity contribution in [3.8, 4) is 0 Å². The van der Waals surface area contributed by atoms with Crippen LogP contribution in [0.3, 0.4) is 0 Å². The first kappa shape index (κ1) is 10.3. The van der Waals surface area contributed by atoms with Gasteiger partial charge in [-0.1, -0.05) is 17.7 Å². The van der Waals surface area contributed by atoms with Crippen molar-refractivity contribution in [1.29, 1.82) is 0 Å². The van der Waals surface area contributed by atoms with Crippen molar-refractivity contribution >= 4 is 11.6 Å². The van der Waals surface area contributed by atoms with Gasteiger partial charge in [-0.2, -0.15) is 0 Å². The normalized spacial score (nSPS) is 12.7. The van der Waals surface area contributed by atoms with E-state index in [0.717, 1.165) is 16.7 Å². The molecule has 0 saturated heterocycles. The van der Waals surface area contributed by atoms with Crippen LogP contribution in [0.25, 0.3) is 0 Å². The van der Waals surface area contributed by atoms with Gasteiger partial charge in [0.2, 0.25) is 0 Å². The summed E-state index contributed by atoms with van der Waals surface area (Å²) in [5.74, 6) is 0. The van der Waals surface area contributed by atoms with Gasteiger partial charge in [0.1, 0.15) is 6.10 Å². The molecule has 0 fully saturated rings. The highest BCUT2D eigenvalue weighted by Gasteiger charge is 2.13. The lowest BCUT2D eigenvalue weighted by Crippen LogP contribution is -2.00. The number of aliphatic hydroxyl groups excluding tert-OH is 1. The number of rotatable bonds is 2. The maximum Gasteiger partial charge on any atom is 0.106 e. The lowest BCUT2D eigenvalue weighted by molar-refractivity contribution is 0.220. The summed E-state index contributed by atoms with van der Waals surface area (Å²) in [6, 6.07) is 7.39. The van der Waals surface area contributed by atoms with Gasteiger partial charge in [-0.05, 0) is 36.2 Å². The molecular formula is C12H12ClNO. The molecule has 0 spiro atoms. The minimum Gasteiger partial charge on any atom is -0.384 e. The molecule has 0 aliphatic heterocycles. The average Bonchev–Trinajstić information content (AvgIpc) is 2.74.